The van der Waals surface area contributed by atoms with E-state index in [4.69, 9.17) is 4.74 Å². The molecule has 0 atom stereocenters. The van der Waals surface area contributed by atoms with Crippen LogP contribution in [0.25, 0.3) is 6.08 Å². The van der Waals surface area contributed by atoms with E-state index in [-0.39, 0.29) is 31.0 Å². The van der Waals surface area contributed by atoms with Crippen LogP contribution in [0.2, 0.25) is 0 Å². The Morgan fingerprint density at radius 3 is 2.32 bits per heavy atom. The minimum atomic E-state index is -0.396. The van der Waals surface area contributed by atoms with Gasteiger partial charge in [0.15, 0.2) is 5.78 Å². The van der Waals surface area contributed by atoms with Crippen molar-refractivity contribution in [3.63, 3.8) is 0 Å². The lowest BCUT2D eigenvalue weighted by atomic mass is 10.0. The number of ketones is 1. The summed E-state index contributed by atoms with van der Waals surface area (Å²) in [6, 6.07) is 6.97. The molecular formula is C17H20O5. The molecule has 0 N–H and O–H groups in total. The number of carbonyl (C=O) groups excluding carboxylic acids is 3. The van der Waals surface area contributed by atoms with Gasteiger partial charge < -0.3 is 9.47 Å². The zero-order valence-electron chi connectivity index (χ0n) is 12.8. The van der Waals surface area contributed by atoms with Gasteiger partial charge in [-0.3, -0.25) is 14.4 Å². The second-order valence-corrected chi connectivity index (χ2v) is 4.53. The maximum atomic E-state index is 11.9. The van der Waals surface area contributed by atoms with Crippen LogP contribution in [0, 0.1) is 0 Å². The van der Waals surface area contributed by atoms with Gasteiger partial charge in [0.25, 0.3) is 0 Å². The molecule has 0 aliphatic rings. The van der Waals surface area contributed by atoms with E-state index in [1.165, 1.54) is 7.11 Å². The second-order valence-electron chi connectivity index (χ2n) is 4.53. The molecule has 5 heteroatoms. The molecule has 0 saturated heterocycles. The van der Waals surface area contributed by atoms with Crippen LogP contribution in [0.5, 0.6) is 0 Å². The highest BCUT2D eigenvalue weighted by Gasteiger charge is 2.09. The third kappa shape index (κ3) is 6.35. The van der Waals surface area contributed by atoms with E-state index in [1.807, 2.05) is 0 Å². The molecule has 118 valence electrons. The Balaban J connectivity index is 2.52. The van der Waals surface area contributed by atoms with Gasteiger partial charge in [0.1, 0.15) is 0 Å². The summed E-state index contributed by atoms with van der Waals surface area (Å²) in [5, 5.41) is 0. The average molecular weight is 304 g/mol. The van der Waals surface area contributed by atoms with Crippen LogP contribution in [0.4, 0.5) is 0 Å². The number of benzene rings is 1. The number of carbonyl (C=O) groups is 3. The lowest BCUT2D eigenvalue weighted by Gasteiger charge is -2.01. The van der Waals surface area contributed by atoms with E-state index in [1.54, 1.807) is 43.3 Å². The largest absolute Gasteiger partial charge is 0.469 e. The highest BCUT2D eigenvalue weighted by atomic mass is 16.5. The number of rotatable bonds is 8. The normalized spacial score (nSPS) is 10.5. The van der Waals surface area contributed by atoms with Crippen molar-refractivity contribution in [3.8, 4) is 0 Å². The molecule has 0 bridgehead atoms. The minimum absolute atomic E-state index is 0.0799. The number of methoxy groups -OCH3 is 1. The molecule has 0 unspecified atom stereocenters. The number of ether oxygens (including phenoxy) is 2. The van der Waals surface area contributed by atoms with E-state index in [9.17, 15) is 14.4 Å². The first kappa shape index (κ1) is 17.6. The predicted molar refractivity (Wildman–Crippen MR) is 82.3 cm³/mol. The Hall–Kier alpha value is -2.43. The monoisotopic (exact) mass is 304 g/mol. The van der Waals surface area contributed by atoms with Crippen molar-refractivity contribution in [1.29, 1.82) is 0 Å². The summed E-state index contributed by atoms with van der Waals surface area (Å²) >= 11 is 0. The number of Topliss-reactive ketones (excluding diaryl/α,β-unsaturated/α-hetero) is 1. The van der Waals surface area contributed by atoms with Gasteiger partial charge in [-0.15, -0.1) is 0 Å². The molecule has 0 aliphatic heterocycles. The highest BCUT2D eigenvalue weighted by molar-refractivity contribution is 5.97. The lowest BCUT2D eigenvalue weighted by Crippen LogP contribution is -2.05. The van der Waals surface area contributed by atoms with Crippen LogP contribution in [-0.2, 0) is 19.1 Å². The van der Waals surface area contributed by atoms with Gasteiger partial charge in [-0.1, -0.05) is 36.4 Å². The number of hydrogen-bond donors (Lipinski definition) is 0. The fourth-order valence-corrected chi connectivity index (χ4v) is 1.75. The minimum Gasteiger partial charge on any atom is -0.469 e. The summed E-state index contributed by atoms with van der Waals surface area (Å²) in [4.78, 5) is 34.0. The molecule has 0 spiro atoms. The Kier molecular flexibility index (Phi) is 7.61. The molecule has 0 radical (unpaired) electrons. The first-order valence-corrected chi connectivity index (χ1v) is 7.09. The summed E-state index contributed by atoms with van der Waals surface area (Å²) < 4.78 is 9.31. The molecule has 0 amide bonds. The predicted octanol–water partition coefficient (Wildman–Crippen LogP) is 2.79. The van der Waals surface area contributed by atoms with E-state index in [0.29, 0.717) is 12.2 Å². The number of esters is 2. The molecule has 22 heavy (non-hydrogen) atoms. The molecule has 0 heterocycles. The highest BCUT2D eigenvalue weighted by Crippen LogP contribution is 2.10. The van der Waals surface area contributed by atoms with Gasteiger partial charge >= 0.3 is 11.9 Å². The molecular weight excluding hydrogens is 284 g/mol. The molecule has 1 aromatic carbocycles. The van der Waals surface area contributed by atoms with Crippen molar-refractivity contribution in [3.05, 3.63) is 41.5 Å². The van der Waals surface area contributed by atoms with Gasteiger partial charge in [-0.2, -0.15) is 0 Å². The van der Waals surface area contributed by atoms with Gasteiger partial charge in [-0.05, 0) is 12.5 Å². The van der Waals surface area contributed by atoms with E-state index in [2.05, 4.69) is 4.74 Å². The van der Waals surface area contributed by atoms with Crippen molar-refractivity contribution in [2.75, 3.05) is 13.7 Å². The third-order valence-electron chi connectivity index (χ3n) is 2.92. The molecule has 1 aromatic rings. The quantitative estimate of drug-likeness (QED) is 0.545. The van der Waals surface area contributed by atoms with Gasteiger partial charge in [0.2, 0.25) is 0 Å². The molecule has 0 aromatic heterocycles. The molecule has 1 rings (SSSR count). The van der Waals surface area contributed by atoms with Gasteiger partial charge in [0, 0.05) is 12.0 Å². The summed E-state index contributed by atoms with van der Waals surface area (Å²) in [5.41, 5.74) is 1.43. The Morgan fingerprint density at radius 2 is 1.73 bits per heavy atom. The first-order chi connectivity index (χ1) is 10.6. The maximum absolute atomic E-state index is 11.9. The Labute approximate surface area is 129 Å². The zero-order chi connectivity index (χ0) is 16.4. The van der Waals surface area contributed by atoms with Crippen molar-refractivity contribution < 1.29 is 23.9 Å². The van der Waals surface area contributed by atoms with E-state index in [0.717, 1.165) is 5.56 Å². The molecule has 0 fully saturated rings. The van der Waals surface area contributed by atoms with Crippen LogP contribution in [-0.4, -0.2) is 31.4 Å². The average Bonchev–Trinajstić information content (AvgIpc) is 2.53. The molecule has 0 aliphatic carbocycles. The lowest BCUT2D eigenvalue weighted by molar-refractivity contribution is -0.142. The van der Waals surface area contributed by atoms with Crippen molar-refractivity contribution in [2.24, 2.45) is 0 Å². The zero-order valence-corrected chi connectivity index (χ0v) is 12.8. The van der Waals surface area contributed by atoms with Crippen LogP contribution in [0.15, 0.2) is 30.3 Å². The first-order valence-electron chi connectivity index (χ1n) is 7.09. The summed E-state index contributed by atoms with van der Waals surface area (Å²) in [6.07, 6.45) is 3.93. The van der Waals surface area contributed by atoms with Crippen LogP contribution in [0.3, 0.4) is 0 Å². The van der Waals surface area contributed by atoms with E-state index < -0.39 is 5.97 Å². The SMILES string of the molecule is CCOC(=O)CC=Cc1ccc(C(=O)CCC(=O)OC)cc1. The molecule has 5 nitrogen and oxygen atoms in total. The van der Waals surface area contributed by atoms with Crippen molar-refractivity contribution in [1.82, 2.24) is 0 Å². The Bertz CT molecular complexity index is 543. The van der Waals surface area contributed by atoms with E-state index >= 15 is 0 Å². The molecule has 0 saturated carbocycles. The van der Waals surface area contributed by atoms with Crippen LogP contribution >= 0.6 is 0 Å². The Morgan fingerprint density at radius 1 is 1.05 bits per heavy atom. The summed E-state index contributed by atoms with van der Waals surface area (Å²) in [7, 11) is 1.30. The summed E-state index contributed by atoms with van der Waals surface area (Å²) in [6.45, 7) is 2.13. The third-order valence-corrected chi connectivity index (χ3v) is 2.92. The van der Waals surface area contributed by atoms with Crippen LogP contribution in [0.1, 0.15) is 42.1 Å². The number of hydrogen-bond acceptors (Lipinski definition) is 5. The topological polar surface area (TPSA) is 69.7 Å². The fraction of sp³-hybridized carbons (Fsp3) is 0.353. The van der Waals surface area contributed by atoms with Crippen molar-refractivity contribution in [2.45, 2.75) is 26.2 Å². The second kappa shape index (κ2) is 9.50. The maximum Gasteiger partial charge on any atom is 0.309 e. The van der Waals surface area contributed by atoms with Gasteiger partial charge in [0.05, 0.1) is 26.6 Å². The smallest absolute Gasteiger partial charge is 0.309 e. The standard InChI is InChI=1S/C17H20O5/c1-3-22-17(20)6-4-5-13-7-9-14(10-8-13)15(18)11-12-16(19)21-2/h4-5,7-10H,3,6,11-12H2,1-2H3. The fourth-order valence-electron chi connectivity index (χ4n) is 1.75. The summed E-state index contributed by atoms with van der Waals surface area (Å²) in [5.74, 6) is -0.771. The van der Waals surface area contributed by atoms with Crippen LogP contribution < -0.4 is 0 Å². The van der Waals surface area contributed by atoms with Gasteiger partial charge in [-0.25, -0.2) is 0 Å². The van der Waals surface area contributed by atoms with Crippen molar-refractivity contribution >= 4 is 23.8 Å².